The molecule has 4 nitrogen and oxygen atoms in total. The lowest BCUT2D eigenvalue weighted by molar-refractivity contribution is -0.119. The number of hydrogen-bond acceptors (Lipinski definition) is 4. The average Bonchev–Trinajstić information content (AvgIpc) is 2.39. The molecule has 1 amide bonds. The van der Waals surface area contributed by atoms with Crippen molar-refractivity contribution in [3.05, 3.63) is 29.3 Å². The predicted molar refractivity (Wildman–Crippen MR) is 77.7 cm³/mol. The summed E-state index contributed by atoms with van der Waals surface area (Å²) in [5.41, 5.74) is 0. The molecule has 19 heavy (non-hydrogen) atoms. The van der Waals surface area contributed by atoms with Gasteiger partial charge in [0.1, 0.15) is 0 Å². The number of rotatable bonds is 8. The van der Waals surface area contributed by atoms with Gasteiger partial charge in [-0.05, 0) is 30.7 Å². The van der Waals surface area contributed by atoms with Gasteiger partial charge >= 0.3 is 0 Å². The monoisotopic (exact) mass is 303 g/mol. The van der Waals surface area contributed by atoms with E-state index in [0.29, 0.717) is 23.8 Å². The first-order chi connectivity index (χ1) is 9.15. The summed E-state index contributed by atoms with van der Waals surface area (Å²) < 4.78 is 4.99. The van der Waals surface area contributed by atoms with Gasteiger partial charge < -0.3 is 15.2 Å². The second-order valence-corrected chi connectivity index (χ2v) is 5.46. The van der Waals surface area contributed by atoms with Crippen molar-refractivity contribution in [3.8, 4) is 0 Å². The molecule has 0 aliphatic heterocycles. The van der Waals surface area contributed by atoms with Crippen molar-refractivity contribution in [2.24, 2.45) is 0 Å². The minimum absolute atomic E-state index is 0.0264. The van der Waals surface area contributed by atoms with E-state index in [9.17, 15) is 4.79 Å². The largest absolute Gasteiger partial charge is 0.396 e. The van der Waals surface area contributed by atoms with Crippen LogP contribution in [0.1, 0.15) is 6.42 Å². The molecule has 106 valence electrons. The summed E-state index contributed by atoms with van der Waals surface area (Å²) in [6.07, 6.45) is 0.491. The number of methoxy groups -OCH3 is 1. The quantitative estimate of drug-likeness (QED) is 0.721. The van der Waals surface area contributed by atoms with E-state index in [-0.39, 0.29) is 18.6 Å². The van der Waals surface area contributed by atoms with Gasteiger partial charge in [-0.15, -0.1) is 11.8 Å². The van der Waals surface area contributed by atoms with Crippen LogP contribution in [0.5, 0.6) is 0 Å². The third-order valence-corrected chi connectivity index (χ3v) is 3.66. The fourth-order valence-corrected chi connectivity index (χ4v) is 2.34. The number of ether oxygens (including phenoxy) is 1. The fourth-order valence-electron chi connectivity index (χ4n) is 1.50. The number of aliphatic hydroxyl groups excluding tert-OH is 1. The standard InChI is InChI=1S/C13H18ClNO3S/c1-18-8-11(6-7-16)15-13(17)9-19-12-4-2-10(14)3-5-12/h2-5,11,16H,6-9H2,1H3,(H,15,17). The number of benzene rings is 1. The number of amides is 1. The molecule has 0 heterocycles. The lowest BCUT2D eigenvalue weighted by Gasteiger charge is -2.16. The first-order valence-electron chi connectivity index (χ1n) is 5.93. The van der Waals surface area contributed by atoms with Gasteiger partial charge in [-0.1, -0.05) is 11.6 Å². The Balaban J connectivity index is 2.35. The second-order valence-electron chi connectivity index (χ2n) is 3.97. The zero-order chi connectivity index (χ0) is 14.1. The van der Waals surface area contributed by atoms with E-state index in [1.165, 1.54) is 11.8 Å². The summed E-state index contributed by atoms with van der Waals surface area (Å²) in [7, 11) is 1.57. The van der Waals surface area contributed by atoms with E-state index in [1.54, 1.807) is 19.2 Å². The number of nitrogens with one attached hydrogen (secondary N) is 1. The molecule has 6 heteroatoms. The minimum Gasteiger partial charge on any atom is -0.396 e. The highest BCUT2D eigenvalue weighted by Gasteiger charge is 2.11. The molecular weight excluding hydrogens is 286 g/mol. The number of carbonyl (C=O) groups is 1. The van der Waals surface area contributed by atoms with Gasteiger partial charge in [0, 0.05) is 23.6 Å². The molecule has 0 aliphatic carbocycles. The molecule has 0 spiro atoms. The second kappa shape index (κ2) is 9.20. The molecule has 0 aromatic heterocycles. The van der Waals surface area contributed by atoms with E-state index in [1.807, 2.05) is 12.1 Å². The third-order valence-electron chi connectivity index (χ3n) is 2.39. The number of hydrogen-bond donors (Lipinski definition) is 2. The van der Waals surface area contributed by atoms with Crippen LogP contribution in [0.15, 0.2) is 29.2 Å². The Bertz CT molecular complexity index is 380. The molecule has 0 fully saturated rings. The summed E-state index contributed by atoms with van der Waals surface area (Å²) >= 11 is 7.23. The third kappa shape index (κ3) is 6.82. The molecule has 1 aromatic rings. The topological polar surface area (TPSA) is 58.6 Å². The summed E-state index contributed by atoms with van der Waals surface area (Å²) in [6, 6.07) is 7.19. The molecule has 0 saturated heterocycles. The Hall–Kier alpha value is -0.750. The van der Waals surface area contributed by atoms with Gasteiger partial charge in [-0.3, -0.25) is 4.79 Å². The van der Waals surface area contributed by atoms with Gasteiger partial charge in [0.05, 0.1) is 18.4 Å². The zero-order valence-electron chi connectivity index (χ0n) is 10.8. The minimum atomic E-state index is -0.145. The number of halogens is 1. The van der Waals surface area contributed by atoms with Crippen LogP contribution < -0.4 is 5.32 Å². The van der Waals surface area contributed by atoms with Crippen LogP contribution in [0.2, 0.25) is 5.02 Å². The normalized spacial score (nSPS) is 12.2. The van der Waals surface area contributed by atoms with E-state index in [4.69, 9.17) is 21.4 Å². The van der Waals surface area contributed by atoms with E-state index in [0.717, 1.165) is 4.90 Å². The van der Waals surface area contributed by atoms with Crippen molar-refractivity contribution in [3.63, 3.8) is 0 Å². The van der Waals surface area contributed by atoms with Gasteiger partial charge in [0.15, 0.2) is 0 Å². The van der Waals surface area contributed by atoms with Crippen LogP contribution in [0.25, 0.3) is 0 Å². The van der Waals surface area contributed by atoms with Crippen molar-refractivity contribution in [2.45, 2.75) is 17.4 Å². The molecule has 2 N–H and O–H groups in total. The predicted octanol–water partition coefficient (Wildman–Crippen LogP) is 1.95. The molecule has 0 bridgehead atoms. The number of thioether (sulfide) groups is 1. The maximum Gasteiger partial charge on any atom is 0.230 e. The summed E-state index contributed by atoms with van der Waals surface area (Å²) in [5.74, 6) is 0.253. The Labute approximate surface area is 122 Å². The maximum absolute atomic E-state index is 11.7. The SMILES string of the molecule is COCC(CCO)NC(=O)CSc1ccc(Cl)cc1. The van der Waals surface area contributed by atoms with Crippen molar-refractivity contribution >= 4 is 29.3 Å². The van der Waals surface area contributed by atoms with E-state index in [2.05, 4.69) is 5.32 Å². The van der Waals surface area contributed by atoms with Crippen LogP contribution in [0.4, 0.5) is 0 Å². The summed E-state index contributed by atoms with van der Waals surface area (Å²) in [5, 5.41) is 12.4. The Morgan fingerprint density at radius 3 is 2.74 bits per heavy atom. The summed E-state index contributed by atoms with van der Waals surface area (Å²) in [6.45, 7) is 0.427. The zero-order valence-corrected chi connectivity index (χ0v) is 12.3. The van der Waals surface area contributed by atoms with Crippen LogP contribution in [0.3, 0.4) is 0 Å². The maximum atomic E-state index is 11.7. The molecule has 0 saturated carbocycles. The highest BCUT2D eigenvalue weighted by Crippen LogP contribution is 2.19. The highest BCUT2D eigenvalue weighted by molar-refractivity contribution is 8.00. The molecule has 0 radical (unpaired) electrons. The van der Waals surface area contributed by atoms with Crippen LogP contribution in [-0.4, -0.2) is 43.1 Å². The average molecular weight is 304 g/mol. The van der Waals surface area contributed by atoms with E-state index >= 15 is 0 Å². The molecule has 1 rings (SSSR count). The Morgan fingerprint density at radius 1 is 1.47 bits per heavy atom. The number of aliphatic hydroxyl groups is 1. The molecule has 1 atom stereocenters. The van der Waals surface area contributed by atoms with Crippen LogP contribution >= 0.6 is 23.4 Å². The lowest BCUT2D eigenvalue weighted by atomic mass is 10.2. The van der Waals surface area contributed by atoms with Crippen molar-refractivity contribution < 1.29 is 14.6 Å². The molecule has 1 aromatic carbocycles. The molecular formula is C13H18ClNO3S. The Kier molecular flexibility index (Phi) is 7.90. The van der Waals surface area contributed by atoms with Crippen LogP contribution in [-0.2, 0) is 9.53 Å². The fraction of sp³-hybridized carbons (Fsp3) is 0.462. The highest BCUT2D eigenvalue weighted by atomic mass is 35.5. The first kappa shape index (κ1) is 16.3. The van der Waals surface area contributed by atoms with Crippen molar-refractivity contribution in [1.82, 2.24) is 5.32 Å². The Morgan fingerprint density at radius 2 is 2.16 bits per heavy atom. The van der Waals surface area contributed by atoms with Gasteiger partial charge in [0.25, 0.3) is 0 Å². The van der Waals surface area contributed by atoms with Crippen molar-refractivity contribution in [2.75, 3.05) is 26.1 Å². The number of carbonyl (C=O) groups excluding carboxylic acids is 1. The lowest BCUT2D eigenvalue weighted by Crippen LogP contribution is -2.39. The molecule has 0 aliphatic rings. The van der Waals surface area contributed by atoms with Gasteiger partial charge in [-0.2, -0.15) is 0 Å². The first-order valence-corrected chi connectivity index (χ1v) is 7.29. The summed E-state index contributed by atoms with van der Waals surface area (Å²) in [4.78, 5) is 12.7. The van der Waals surface area contributed by atoms with Crippen molar-refractivity contribution in [1.29, 1.82) is 0 Å². The molecule has 1 unspecified atom stereocenters. The van der Waals surface area contributed by atoms with Crippen LogP contribution in [0, 0.1) is 0 Å². The smallest absolute Gasteiger partial charge is 0.230 e. The van der Waals surface area contributed by atoms with Gasteiger partial charge in [0.2, 0.25) is 5.91 Å². The van der Waals surface area contributed by atoms with E-state index < -0.39 is 0 Å². The van der Waals surface area contributed by atoms with Gasteiger partial charge in [-0.25, -0.2) is 0 Å².